The van der Waals surface area contributed by atoms with Gasteiger partial charge in [-0.2, -0.15) is 0 Å². The second-order valence-corrected chi connectivity index (χ2v) is 7.57. The van der Waals surface area contributed by atoms with Crippen molar-refractivity contribution in [1.29, 1.82) is 0 Å². The molecule has 3 nitrogen and oxygen atoms in total. The second kappa shape index (κ2) is 7.80. The molecule has 0 unspecified atom stereocenters. The highest BCUT2D eigenvalue weighted by molar-refractivity contribution is 7.99. The van der Waals surface area contributed by atoms with E-state index in [4.69, 9.17) is 0 Å². The molecule has 0 aliphatic heterocycles. The molecule has 0 spiro atoms. The summed E-state index contributed by atoms with van der Waals surface area (Å²) in [6.07, 6.45) is 0. The number of aromatic nitrogens is 3. The lowest BCUT2D eigenvalue weighted by atomic mass is 10.0. The first-order valence-electron chi connectivity index (χ1n) is 8.96. The highest BCUT2D eigenvalue weighted by Crippen LogP contribution is 2.40. The maximum atomic E-state index is 4.50. The standard InChI is InChI=1S/C23H21N3S/c1-17-11-9-10-16-20(17)22-24-25-23(26(22)2)27-21(18-12-5-3-6-13-18)19-14-7-4-8-15-19/h3-16,21H,1-2H3. The zero-order chi connectivity index (χ0) is 18.6. The van der Waals surface area contributed by atoms with Crippen LogP contribution in [0.25, 0.3) is 11.4 Å². The summed E-state index contributed by atoms with van der Waals surface area (Å²) in [6.45, 7) is 2.10. The number of aryl methyl sites for hydroxylation is 1. The van der Waals surface area contributed by atoms with Gasteiger partial charge >= 0.3 is 0 Å². The van der Waals surface area contributed by atoms with Crippen LogP contribution in [0.5, 0.6) is 0 Å². The number of hydrogen-bond acceptors (Lipinski definition) is 3. The van der Waals surface area contributed by atoms with Crippen molar-refractivity contribution in [2.24, 2.45) is 7.05 Å². The van der Waals surface area contributed by atoms with Gasteiger partial charge in [0, 0.05) is 12.6 Å². The van der Waals surface area contributed by atoms with E-state index in [-0.39, 0.29) is 5.25 Å². The molecule has 4 aromatic rings. The second-order valence-electron chi connectivity index (χ2n) is 6.50. The van der Waals surface area contributed by atoms with E-state index in [0.29, 0.717) is 0 Å². The van der Waals surface area contributed by atoms with Gasteiger partial charge in [-0.15, -0.1) is 10.2 Å². The molecule has 0 amide bonds. The molecule has 4 rings (SSSR count). The van der Waals surface area contributed by atoms with E-state index >= 15 is 0 Å². The molecule has 134 valence electrons. The number of hydrogen-bond donors (Lipinski definition) is 0. The first-order valence-corrected chi connectivity index (χ1v) is 9.84. The Balaban J connectivity index is 1.72. The van der Waals surface area contributed by atoms with Crippen molar-refractivity contribution >= 4 is 11.8 Å². The molecule has 0 bridgehead atoms. The third-order valence-electron chi connectivity index (χ3n) is 4.65. The molecule has 27 heavy (non-hydrogen) atoms. The number of benzene rings is 3. The minimum atomic E-state index is 0.167. The smallest absolute Gasteiger partial charge is 0.192 e. The Hall–Kier alpha value is -2.85. The van der Waals surface area contributed by atoms with Crippen molar-refractivity contribution < 1.29 is 0 Å². The molecule has 0 saturated heterocycles. The van der Waals surface area contributed by atoms with Gasteiger partial charge in [0.1, 0.15) is 0 Å². The highest BCUT2D eigenvalue weighted by atomic mass is 32.2. The maximum Gasteiger partial charge on any atom is 0.192 e. The Kier molecular flexibility index (Phi) is 5.07. The van der Waals surface area contributed by atoms with Gasteiger partial charge in [0.05, 0.1) is 5.25 Å². The van der Waals surface area contributed by atoms with E-state index in [1.54, 1.807) is 11.8 Å². The molecule has 0 saturated carbocycles. The van der Waals surface area contributed by atoms with Crippen LogP contribution in [-0.2, 0) is 7.05 Å². The van der Waals surface area contributed by atoms with Crippen LogP contribution in [0.15, 0.2) is 90.1 Å². The fourth-order valence-electron chi connectivity index (χ4n) is 3.17. The Labute approximate surface area is 164 Å². The Morgan fingerprint density at radius 3 is 1.89 bits per heavy atom. The van der Waals surface area contributed by atoms with Gasteiger partial charge in [0.25, 0.3) is 0 Å². The van der Waals surface area contributed by atoms with Gasteiger partial charge in [-0.1, -0.05) is 96.7 Å². The molecule has 0 aliphatic rings. The normalized spacial score (nSPS) is 11.1. The number of rotatable bonds is 5. The largest absolute Gasteiger partial charge is 0.305 e. The van der Waals surface area contributed by atoms with E-state index in [0.717, 1.165) is 16.5 Å². The zero-order valence-electron chi connectivity index (χ0n) is 15.4. The lowest BCUT2D eigenvalue weighted by Crippen LogP contribution is -2.01. The molecule has 0 atom stereocenters. The number of nitrogens with zero attached hydrogens (tertiary/aromatic N) is 3. The molecule has 3 aromatic carbocycles. The summed E-state index contributed by atoms with van der Waals surface area (Å²) in [7, 11) is 2.04. The van der Waals surface area contributed by atoms with Crippen molar-refractivity contribution in [3.8, 4) is 11.4 Å². The van der Waals surface area contributed by atoms with Gasteiger partial charge in [-0.25, -0.2) is 0 Å². The van der Waals surface area contributed by atoms with Crippen LogP contribution < -0.4 is 0 Å². The van der Waals surface area contributed by atoms with Gasteiger partial charge in [-0.3, -0.25) is 0 Å². The molecule has 0 radical (unpaired) electrons. The lowest BCUT2D eigenvalue weighted by Gasteiger charge is -2.17. The summed E-state index contributed by atoms with van der Waals surface area (Å²) < 4.78 is 2.09. The average Bonchev–Trinajstić information content (AvgIpc) is 3.08. The molecule has 1 heterocycles. The van der Waals surface area contributed by atoms with Crippen LogP contribution in [0.3, 0.4) is 0 Å². The summed E-state index contributed by atoms with van der Waals surface area (Å²) in [6, 6.07) is 29.4. The highest BCUT2D eigenvalue weighted by Gasteiger charge is 2.20. The van der Waals surface area contributed by atoms with E-state index in [1.807, 2.05) is 19.2 Å². The average molecular weight is 372 g/mol. The van der Waals surface area contributed by atoms with Crippen molar-refractivity contribution in [3.05, 3.63) is 102 Å². The molecule has 1 aromatic heterocycles. The van der Waals surface area contributed by atoms with Gasteiger partial charge in [0.15, 0.2) is 11.0 Å². The topological polar surface area (TPSA) is 30.7 Å². The summed E-state index contributed by atoms with van der Waals surface area (Å²) in [4.78, 5) is 0. The molecule has 0 fully saturated rings. The van der Waals surface area contributed by atoms with Crippen molar-refractivity contribution in [2.45, 2.75) is 17.3 Å². The van der Waals surface area contributed by atoms with Crippen molar-refractivity contribution in [1.82, 2.24) is 14.8 Å². The van der Waals surface area contributed by atoms with Crippen LogP contribution in [0.1, 0.15) is 21.9 Å². The molecule has 4 heteroatoms. The predicted octanol–water partition coefficient (Wildman–Crippen LogP) is 5.67. The minimum absolute atomic E-state index is 0.167. The van der Waals surface area contributed by atoms with Crippen molar-refractivity contribution in [2.75, 3.05) is 0 Å². The summed E-state index contributed by atoms with van der Waals surface area (Å²) in [5, 5.41) is 10.1. The quantitative estimate of drug-likeness (QED) is 0.423. The Morgan fingerprint density at radius 1 is 0.741 bits per heavy atom. The van der Waals surface area contributed by atoms with Gasteiger partial charge in [-0.05, 0) is 23.6 Å². The van der Waals surface area contributed by atoms with E-state index < -0.39 is 0 Å². The Morgan fingerprint density at radius 2 is 1.30 bits per heavy atom. The Bertz CT molecular complexity index is 986. The predicted molar refractivity (Wildman–Crippen MR) is 112 cm³/mol. The van der Waals surface area contributed by atoms with E-state index in [1.165, 1.54) is 16.7 Å². The molecular formula is C23H21N3S. The molecule has 0 N–H and O–H groups in total. The summed E-state index contributed by atoms with van der Waals surface area (Å²) in [5.41, 5.74) is 4.84. The lowest BCUT2D eigenvalue weighted by molar-refractivity contribution is 0.791. The van der Waals surface area contributed by atoms with Crippen LogP contribution in [-0.4, -0.2) is 14.8 Å². The third-order valence-corrected chi connectivity index (χ3v) is 6.00. The third kappa shape index (κ3) is 3.67. The summed E-state index contributed by atoms with van der Waals surface area (Å²) >= 11 is 1.73. The van der Waals surface area contributed by atoms with Crippen LogP contribution in [0.4, 0.5) is 0 Å². The van der Waals surface area contributed by atoms with Crippen molar-refractivity contribution in [3.63, 3.8) is 0 Å². The minimum Gasteiger partial charge on any atom is -0.305 e. The first-order chi connectivity index (χ1) is 13.2. The van der Waals surface area contributed by atoms with Gasteiger partial charge < -0.3 is 4.57 Å². The monoisotopic (exact) mass is 371 g/mol. The van der Waals surface area contributed by atoms with Crippen LogP contribution >= 0.6 is 11.8 Å². The van der Waals surface area contributed by atoms with E-state index in [9.17, 15) is 0 Å². The molecule has 0 aliphatic carbocycles. The van der Waals surface area contributed by atoms with E-state index in [2.05, 4.69) is 94.5 Å². The SMILES string of the molecule is Cc1ccccc1-c1nnc(SC(c2ccccc2)c2ccccc2)n1C. The van der Waals surface area contributed by atoms with Crippen LogP contribution in [0, 0.1) is 6.92 Å². The van der Waals surface area contributed by atoms with Gasteiger partial charge in [0.2, 0.25) is 0 Å². The summed E-state index contributed by atoms with van der Waals surface area (Å²) in [5.74, 6) is 0.899. The maximum absolute atomic E-state index is 4.50. The number of thioether (sulfide) groups is 1. The fraction of sp³-hybridized carbons (Fsp3) is 0.130. The zero-order valence-corrected chi connectivity index (χ0v) is 16.2. The van der Waals surface area contributed by atoms with Crippen LogP contribution in [0.2, 0.25) is 0 Å². The molecular weight excluding hydrogens is 350 g/mol. The first kappa shape index (κ1) is 17.6. The fourth-order valence-corrected chi connectivity index (χ4v) is 4.30.